The number of hydrogen-bond donors (Lipinski definition) is 2. The molecule has 2 N–H and O–H groups in total. The van der Waals surface area contributed by atoms with E-state index in [2.05, 4.69) is 10.0 Å². The first kappa shape index (κ1) is 25.9. The first-order valence-electron chi connectivity index (χ1n) is 10.8. The van der Waals surface area contributed by atoms with Crippen LogP contribution in [0.3, 0.4) is 0 Å². The Morgan fingerprint density at radius 2 is 1.77 bits per heavy atom. The smallest absolute Gasteiger partial charge is 0.411 e. The molecule has 1 amide bonds. The van der Waals surface area contributed by atoms with E-state index in [1.54, 1.807) is 31.2 Å². The first-order chi connectivity index (χ1) is 16.6. The third-order valence-corrected chi connectivity index (χ3v) is 6.61. The molecule has 1 aromatic heterocycles. The summed E-state index contributed by atoms with van der Waals surface area (Å²) in [4.78, 5) is 35.8. The van der Waals surface area contributed by atoms with E-state index in [1.165, 1.54) is 18.2 Å². The summed E-state index contributed by atoms with van der Waals surface area (Å²) in [6.07, 6.45) is -0.843. The molecule has 2 aromatic carbocycles. The average Bonchev–Trinajstić information content (AvgIpc) is 2.79. The Balaban J connectivity index is 1.60. The lowest BCUT2D eigenvalue weighted by Crippen LogP contribution is -2.27. The summed E-state index contributed by atoms with van der Waals surface area (Å²) in [5, 5.41) is 3.03. The van der Waals surface area contributed by atoms with E-state index >= 15 is 0 Å². The fourth-order valence-corrected chi connectivity index (χ4v) is 4.31. The molecular formula is C24H26N2O8S. The van der Waals surface area contributed by atoms with Crippen molar-refractivity contribution in [1.82, 2.24) is 4.72 Å². The number of aryl methyl sites for hydroxylation is 2. The molecule has 0 saturated carbocycles. The van der Waals surface area contributed by atoms with Crippen molar-refractivity contribution in [3.63, 3.8) is 0 Å². The van der Waals surface area contributed by atoms with Crippen molar-refractivity contribution >= 4 is 38.7 Å². The number of carbonyl (C=O) groups is 2. The maximum Gasteiger partial charge on any atom is 0.411 e. The number of carbonyl (C=O) groups excluding carboxylic acids is 2. The predicted molar refractivity (Wildman–Crippen MR) is 129 cm³/mol. The van der Waals surface area contributed by atoms with Crippen LogP contribution in [0.5, 0.6) is 0 Å². The third kappa shape index (κ3) is 6.90. The lowest BCUT2D eigenvalue weighted by atomic mass is 10.1. The maximum absolute atomic E-state index is 12.4. The van der Waals surface area contributed by atoms with Crippen LogP contribution in [0, 0.1) is 13.8 Å². The van der Waals surface area contributed by atoms with Crippen LogP contribution in [-0.4, -0.2) is 33.6 Å². The van der Waals surface area contributed by atoms with Gasteiger partial charge in [-0.2, -0.15) is 0 Å². The molecule has 11 heteroatoms. The van der Waals surface area contributed by atoms with Crippen LogP contribution in [0.15, 0.2) is 56.6 Å². The normalized spacial score (nSPS) is 11.3. The largest absolute Gasteiger partial charge is 0.461 e. The molecule has 0 aliphatic rings. The molecule has 0 fully saturated rings. The topological polar surface area (TPSA) is 141 Å². The number of sulfonamides is 1. The average molecular weight is 503 g/mol. The fourth-order valence-electron chi connectivity index (χ4n) is 3.19. The Bertz CT molecular complexity index is 1410. The molecule has 35 heavy (non-hydrogen) atoms. The molecule has 0 aliphatic carbocycles. The lowest BCUT2D eigenvalue weighted by molar-refractivity contribution is -0.144. The molecule has 10 nitrogen and oxygen atoms in total. The van der Waals surface area contributed by atoms with Crippen molar-refractivity contribution in [2.24, 2.45) is 0 Å². The second-order valence-electron chi connectivity index (χ2n) is 7.70. The van der Waals surface area contributed by atoms with Gasteiger partial charge < -0.3 is 13.9 Å². The van der Waals surface area contributed by atoms with Gasteiger partial charge in [0.1, 0.15) is 12.2 Å². The highest BCUT2D eigenvalue weighted by molar-refractivity contribution is 7.89. The van der Waals surface area contributed by atoms with Crippen LogP contribution in [-0.2, 0) is 30.9 Å². The first-order valence-corrected chi connectivity index (χ1v) is 12.3. The van der Waals surface area contributed by atoms with Crippen molar-refractivity contribution in [2.45, 2.75) is 38.7 Å². The van der Waals surface area contributed by atoms with Gasteiger partial charge in [-0.25, -0.2) is 22.7 Å². The van der Waals surface area contributed by atoms with Gasteiger partial charge in [0.25, 0.3) is 0 Å². The molecule has 1 heterocycles. The van der Waals surface area contributed by atoms with E-state index in [4.69, 9.17) is 13.9 Å². The van der Waals surface area contributed by atoms with E-state index < -0.39 is 27.7 Å². The van der Waals surface area contributed by atoms with Crippen LogP contribution in [0.4, 0.5) is 10.5 Å². The number of fused-ring (bicyclic) bond motifs is 1. The summed E-state index contributed by atoms with van der Waals surface area (Å²) in [6.45, 7) is 5.22. The molecule has 3 aromatic rings. The van der Waals surface area contributed by atoms with Gasteiger partial charge in [-0.15, -0.1) is 0 Å². The van der Waals surface area contributed by atoms with Gasteiger partial charge in [0.15, 0.2) is 0 Å². The molecule has 0 radical (unpaired) electrons. The number of anilines is 1. The Hall–Kier alpha value is -3.70. The van der Waals surface area contributed by atoms with E-state index in [9.17, 15) is 22.8 Å². The quantitative estimate of drug-likeness (QED) is 0.335. The Morgan fingerprint density at radius 1 is 1.00 bits per heavy atom. The summed E-state index contributed by atoms with van der Waals surface area (Å²) in [5.41, 5.74) is 2.13. The van der Waals surface area contributed by atoms with E-state index in [-0.39, 0.29) is 36.7 Å². The second kappa shape index (κ2) is 11.2. The van der Waals surface area contributed by atoms with Gasteiger partial charge in [-0.05, 0) is 56.2 Å². The molecule has 186 valence electrons. The van der Waals surface area contributed by atoms with Crippen molar-refractivity contribution in [2.75, 3.05) is 18.5 Å². The van der Waals surface area contributed by atoms with Gasteiger partial charge in [-0.1, -0.05) is 6.07 Å². The third-order valence-electron chi connectivity index (χ3n) is 5.15. The summed E-state index contributed by atoms with van der Waals surface area (Å²) in [6, 6.07) is 10.6. The number of nitrogens with one attached hydrogen (secondary N) is 2. The summed E-state index contributed by atoms with van der Waals surface area (Å²) < 4.78 is 42.5. The van der Waals surface area contributed by atoms with Crippen LogP contribution in [0.25, 0.3) is 11.0 Å². The minimum Gasteiger partial charge on any atom is -0.461 e. The van der Waals surface area contributed by atoms with Crippen LogP contribution in [0.1, 0.15) is 30.0 Å². The Kier molecular flexibility index (Phi) is 8.26. The highest BCUT2D eigenvalue weighted by Crippen LogP contribution is 2.22. The van der Waals surface area contributed by atoms with Crippen LogP contribution < -0.4 is 15.7 Å². The van der Waals surface area contributed by atoms with Gasteiger partial charge in [0, 0.05) is 35.3 Å². The molecular weight excluding hydrogens is 476 g/mol. The summed E-state index contributed by atoms with van der Waals surface area (Å²) >= 11 is 0. The Morgan fingerprint density at radius 3 is 2.49 bits per heavy atom. The summed E-state index contributed by atoms with van der Waals surface area (Å²) in [5.74, 6) is -0.644. The van der Waals surface area contributed by atoms with E-state index in [1.807, 2.05) is 13.8 Å². The predicted octanol–water partition coefficient (Wildman–Crippen LogP) is 3.39. The fraction of sp³-hybridized carbons (Fsp3) is 0.292. The highest BCUT2D eigenvalue weighted by atomic mass is 32.2. The van der Waals surface area contributed by atoms with Gasteiger partial charge in [0.05, 0.1) is 17.9 Å². The number of amides is 1. The number of rotatable bonds is 9. The molecule has 0 unspecified atom stereocenters. The maximum atomic E-state index is 12.4. The van der Waals surface area contributed by atoms with Gasteiger partial charge in [0.2, 0.25) is 10.0 Å². The molecule has 0 spiro atoms. The van der Waals surface area contributed by atoms with Crippen molar-refractivity contribution in [1.29, 1.82) is 0 Å². The van der Waals surface area contributed by atoms with Crippen LogP contribution in [0.2, 0.25) is 0 Å². The monoisotopic (exact) mass is 502 g/mol. The van der Waals surface area contributed by atoms with E-state index in [0.717, 1.165) is 11.1 Å². The second-order valence-corrected chi connectivity index (χ2v) is 9.47. The standard InChI is InChI=1S/C24H26N2O8S/c1-4-32-24(29)26-18-6-8-20-17(12-23(28)34-21(20)13-18)14-33-22(27)9-10-25-35(30,31)19-7-5-15(2)16(3)11-19/h5-8,11-13,25H,4,9-10,14H2,1-3H3,(H,26,29). The zero-order valence-corrected chi connectivity index (χ0v) is 20.4. The highest BCUT2D eigenvalue weighted by Gasteiger charge is 2.16. The molecule has 0 atom stereocenters. The number of ether oxygens (including phenoxy) is 2. The Labute approximate surface area is 202 Å². The van der Waals surface area contributed by atoms with Gasteiger partial charge in [-0.3, -0.25) is 10.1 Å². The zero-order chi connectivity index (χ0) is 25.6. The minimum atomic E-state index is -3.76. The lowest BCUT2D eigenvalue weighted by Gasteiger charge is -2.10. The molecule has 0 bridgehead atoms. The molecule has 0 saturated heterocycles. The molecule has 3 rings (SSSR count). The number of esters is 1. The van der Waals surface area contributed by atoms with Crippen molar-refractivity contribution < 1.29 is 31.9 Å². The number of hydrogen-bond acceptors (Lipinski definition) is 8. The SMILES string of the molecule is CCOC(=O)Nc1ccc2c(COC(=O)CCNS(=O)(=O)c3ccc(C)c(C)c3)cc(=O)oc2c1. The van der Waals surface area contributed by atoms with E-state index in [0.29, 0.717) is 16.6 Å². The van der Waals surface area contributed by atoms with Crippen molar-refractivity contribution in [3.8, 4) is 0 Å². The summed E-state index contributed by atoms with van der Waals surface area (Å²) in [7, 11) is -3.76. The van der Waals surface area contributed by atoms with Crippen molar-refractivity contribution in [3.05, 3.63) is 69.6 Å². The zero-order valence-electron chi connectivity index (χ0n) is 19.5. The van der Waals surface area contributed by atoms with Gasteiger partial charge >= 0.3 is 17.7 Å². The molecule has 0 aliphatic heterocycles. The number of benzene rings is 2. The minimum absolute atomic E-state index is 0.119. The van der Waals surface area contributed by atoms with Crippen LogP contribution >= 0.6 is 0 Å².